The van der Waals surface area contributed by atoms with Crippen LogP contribution in [0.3, 0.4) is 0 Å². The van der Waals surface area contributed by atoms with Crippen LogP contribution in [0.25, 0.3) is 0 Å². The fourth-order valence-electron chi connectivity index (χ4n) is 1.63. The maximum Gasteiger partial charge on any atom is 0.330 e. The van der Waals surface area contributed by atoms with Gasteiger partial charge in [-0.05, 0) is 44.4 Å². The predicted octanol–water partition coefficient (Wildman–Crippen LogP) is 2.81. The minimum atomic E-state index is -0.503. The van der Waals surface area contributed by atoms with Gasteiger partial charge >= 0.3 is 12.0 Å². The molecule has 0 radical (unpaired) electrons. The second-order valence-corrected chi connectivity index (χ2v) is 6.26. The number of esters is 1. The number of benzene rings is 1. The molecule has 0 aliphatic heterocycles. The molecule has 0 atom stereocenters. The van der Waals surface area contributed by atoms with Crippen molar-refractivity contribution in [1.82, 2.24) is 10.6 Å². The Morgan fingerprint density at radius 3 is 2.19 bits per heavy atom. The Bertz CT molecular complexity index is 487. The van der Waals surface area contributed by atoms with Crippen LogP contribution in [0, 0.1) is 0 Å². The summed E-state index contributed by atoms with van der Waals surface area (Å²) in [6, 6.07) is 6.96. The molecule has 21 heavy (non-hydrogen) atoms. The highest BCUT2D eigenvalue weighted by Gasteiger charge is 2.14. The first-order valence-electron chi connectivity index (χ1n) is 7.04. The minimum Gasteiger partial charge on any atom is -0.425 e. The van der Waals surface area contributed by atoms with Crippen LogP contribution in [-0.4, -0.2) is 24.1 Å². The SMILES string of the molecule is CC(C)c1ccc(OC(=O)CNC(=O)NC(C)(C)C)cc1. The summed E-state index contributed by atoms with van der Waals surface area (Å²) in [5.74, 6) is 0.399. The smallest absolute Gasteiger partial charge is 0.330 e. The van der Waals surface area contributed by atoms with Crippen molar-refractivity contribution in [3.8, 4) is 5.75 Å². The van der Waals surface area contributed by atoms with Gasteiger partial charge in [-0.15, -0.1) is 0 Å². The Morgan fingerprint density at radius 1 is 1.14 bits per heavy atom. The molecule has 1 rings (SSSR count). The molecule has 2 amide bonds. The summed E-state index contributed by atoms with van der Waals surface area (Å²) in [5, 5.41) is 5.16. The molecule has 0 saturated carbocycles. The summed E-state index contributed by atoms with van der Waals surface area (Å²) in [5.41, 5.74) is 0.832. The normalized spacial score (nSPS) is 11.1. The Hall–Kier alpha value is -2.04. The van der Waals surface area contributed by atoms with Crippen molar-refractivity contribution in [1.29, 1.82) is 0 Å². The lowest BCUT2D eigenvalue weighted by atomic mass is 10.0. The number of hydrogen-bond acceptors (Lipinski definition) is 3. The van der Waals surface area contributed by atoms with Crippen molar-refractivity contribution in [2.24, 2.45) is 0 Å². The second kappa shape index (κ2) is 7.11. The van der Waals surface area contributed by atoms with Crippen LogP contribution in [0.4, 0.5) is 4.79 Å². The molecule has 0 aliphatic rings. The van der Waals surface area contributed by atoms with Gasteiger partial charge in [-0.2, -0.15) is 0 Å². The molecule has 0 bridgehead atoms. The van der Waals surface area contributed by atoms with E-state index in [0.717, 1.165) is 0 Å². The standard InChI is InChI=1S/C16H24N2O3/c1-11(2)12-6-8-13(9-7-12)21-14(19)10-17-15(20)18-16(3,4)5/h6-9,11H,10H2,1-5H3,(H2,17,18,20). The van der Waals surface area contributed by atoms with E-state index in [1.807, 2.05) is 32.9 Å². The maximum atomic E-state index is 11.6. The van der Waals surface area contributed by atoms with Crippen LogP contribution >= 0.6 is 0 Å². The topological polar surface area (TPSA) is 67.4 Å². The third-order valence-electron chi connectivity index (χ3n) is 2.66. The zero-order valence-corrected chi connectivity index (χ0v) is 13.3. The van der Waals surface area contributed by atoms with E-state index in [4.69, 9.17) is 4.74 Å². The van der Waals surface area contributed by atoms with E-state index in [0.29, 0.717) is 11.7 Å². The van der Waals surface area contributed by atoms with E-state index in [1.165, 1.54) is 5.56 Å². The summed E-state index contributed by atoms with van der Waals surface area (Å²) in [7, 11) is 0. The fourth-order valence-corrected chi connectivity index (χ4v) is 1.63. The third kappa shape index (κ3) is 6.79. The van der Waals surface area contributed by atoms with Gasteiger partial charge in [-0.1, -0.05) is 26.0 Å². The number of amides is 2. The molecule has 2 N–H and O–H groups in total. The van der Waals surface area contributed by atoms with Crippen LogP contribution < -0.4 is 15.4 Å². The number of rotatable bonds is 4. The van der Waals surface area contributed by atoms with Gasteiger partial charge in [-0.3, -0.25) is 0 Å². The number of urea groups is 1. The molecule has 0 saturated heterocycles. The average Bonchev–Trinajstić information content (AvgIpc) is 2.35. The molecular weight excluding hydrogens is 268 g/mol. The number of carbonyl (C=O) groups excluding carboxylic acids is 2. The van der Waals surface area contributed by atoms with Gasteiger partial charge in [0.25, 0.3) is 0 Å². The fraction of sp³-hybridized carbons (Fsp3) is 0.500. The number of carbonyl (C=O) groups is 2. The van der Waals surface area contributed by atoms with E-state index in [-0.39, 0.29) is 12.1 Å². The predicted molar refractivity (Wildman–Crippen MR) is 82.5 cm³/mol. The van der Waals surface area contributed by atoms with Crippen molar-refractivity contribution in [2.45, 2.75) is 46.1 Å². The van der Waals surface area contributed by atoms with Crippen molar-refractivity contribution in [3.63, 3.8) is 0 Å². The number of ether oxygens (including phenoxy) is 1. The first-order chi connectivity index (χ1) is 9.67. The highest BCUT2D eigenvalue weighted by atomic mass is 16.5. The molecule has 0 heterocycles. The highest BCUT2D eigenvalue weighted by Crippen LogP contribution is 2.18. The molecule has 5 nitrogen and oxygen atoms in total. The largest absolute Gasteiger partial charge is 0.425 e. The first-order valence-corrected chi connectivity index (χ1v) is 7.04. The van der Waals surface area contributed by atoms with Crippen LogP contribution in [-0.2, 0) is 4.79 Å². The monoisotopic (exact) mass is 292 g/mol. The molecule has 0 spiro atoms. The summed E-state index contributed by atoms with van der Waals surface area (Å²) in [6.07, 6.45) is 0. The zero-order chi connectivity index (χ0) is 16.0. The van der Waals surface area contributed by atoms with Crippen LogP contribution in [0.15, 0.2) is 24.3 Å². The third-order valence-corrected chi connectivity index (χ3v) is 2.66. The summed E-state index contributed by atoms with van der Waals surface area (Å²) >= 11 is 0. The van der Waals surface area contributed by atoms with Crippen LogP contribution in [0.5, 0.6) is 5.75 Å². The van der Waals surface area contributed by atoms with Crippen molar-refractivity contribution >= 4 is 12.0 Å². The van der Waals surface area contributed by atoms with E-state index in [9.17, 15) is 9.59 Å². The molecule has 116 valence electrons. The van der Waals surface area contributed by atoms with Gasteiger partial charge in [0.05, 0.1) is 0 Å². The molecule has 1 aromatic carbocycles. The number of hydrogen-bond donors (Lipinski definition) is 2. The zero-order valence-electron chi connectivity index (χ0n) is 13.3. The van der Waals surface area contributed by atoms with Crippen molar-refractivity contribution in [3.05, 3.63) is 29.8 Å². The molecule has 0 unspecified atom stereocenters. The Morgan fingerprint density at radius 2 is 1.71 bits per heavy atom. The Kier molecular flexibility index (Phi) is 5.76. The van der Waals surface area contributed by atoms with Gasteiger partial charge < -0.3 is 15.4 Å². The summed E-state index contributed by atoms with van der Waals surface area (Å²) < 4.78 is 5.15. The summed E-state index contributed by atoms with van der Waals surface area (Å²) in [6.45, 7) is 9.61. The first kappa shape index (κ1) is 17.0. The van der Waals surface area contributed by atoms with Gasteiger partial charge in [0.2, 0.25) is 0 Å². The highest BCUT2D eigenvalue weighted by molar-refractivity contribution is 5.82. The minimum absolute atomic E-state index is 0.173. The van der Waals surface area contributed by atoms with E-state index >= 15 is 0 Å². The average molecular weight is 292 g/mol. The van der Waals surface area contributed by atoms with Gasteiger partial charge in [0.1, 0.15) is 12.3 Å². The molecule has 5 heteroatoms. The lowest BCUT2D eigenvalue weighted by molar-refractivity contribution is -0.133. The molecule has 1 aromatic rings. The van der Waals surface area contributed by atoms with Crippen LogP contribution in [0.1, 0.15) is 46.1 Å². The summed E-state index contributed by atoms with van der Waals surface area (Å²) in [4.78, 5) is 23.1. The van der Waals surface area contributed by atoms with E-state index in [2.05, 4.69) is 24.5 Å². The molecular formula is C16H24N2O3. The van der Waals surface area contributed by atoms with Crippen molar-refractivity contribution in [2.75, 3.05) is 6.54 Å². The Labute approximate surface area is 126 Å². The molecule has 0 aromatic heterocycles. The van der Waals surface area contributed by atoms with Crippen molar-refractivity contribution < 1.29 is 14.3 Å². The van der Waals surface area contributed by atoms with E-state index < -0.39 is 12.0 Å². The maximum absolute atomic E-state index is 11.6. The van der Waals surface area contributed by atoms with Gasteiger partial charge in [-0.25, -0.2) is 9.59 Å². The van der Waals surface area contributed by atoms with Crippen LogP contribution in [0.2, 0.25) is 0 Å². The second-order valence-electron chi connectivity index (χ2n) is 6.26. The Balaban J connectivity index is 2.42. The van der Waals surface area contributed by atoms with Gasteiger partial charge in [0, 0.05) is 5.54 Å². The lowest BCUT2D eigenvalue weighted by Gasteiger charge is -2.20. The quantitative estimate of drug-likeness (QED) is 0.662. The van der Waals surface area contributed by atoms with Gasteiger partial charge in [0.15, 0.2) is 0 Å². The van der Waals surface area contributed by atoms with E-state index in [1.54, 1.807) is 12.1 Å². The molecule has 0 aliphatic carbocycles. The molecule has 0 fully saturated rings. The lowest BCUT2D eigenvalue weighted by Crippen LogP contribution is -2.48. The number of nitrogens with one attached hydrogen (secondary N) is 2.